The summed E-state index contributed by atoms with van der Waals surface area (Å²) in [4.78, 5) is 6.87. The molecule has 102 valence electrons. The second-order valence-corrected chi connectivity index (χ2v) is 6.33. The van der Waals surface area contributed by atoms with E-state index >= 15 is 0 Å². The molecule has 2 aromatic heterocycles. The molecule has 1 atom stereocenters. The maximum Gasteiger partial charge on any atom is 0.212 e. The van der Waals surface area contributed by atoms with Gasteiger partial charge in [0, 0.05) is 13.0 Å². The highest BCUT2D eigenvalue weighted by Gasteiger charge is 2.27. The van der Waals surface area contributed by atoms with Crippen LogP contribution in [0.3, 0.4) is 0 Å². The Morgan fingerprint density at radius 3 is 3.10 bits per heavy atom. The van der Waals surface area contributed by atoms with Gasteiger partial charge in [0.1, 0.15) is 5.82 Å². The van der Waals surface area contributed by atoms with Crippen molar-refractivity contribution in [2.45, 2.75) is 26.3 Å². The zero-order valence-corrected chi connectivity index (χ0v) is 12.4. The Kier molecular flexibility index (Phi) is 2.65. The third-order valence-corrected chi connectivity index (χ3v) is 4.91. The number of aromatic nitrogens is 3. The molecule has 0 amide bonds. The Bertz CT molecular complexity index is 786. The summed E-state index contributed by atoms with van der Waals surface area (Å²) in [7, 11) is 0. The fraction of sp³-hybridized carbons (Fsp3) is 0.333. The van der Waals surface area contributed by atoms with Crippen LogP contribution < -0.4 is 5.32 Å². The topological polar surface area (TPSA) is 42.2 Å². The van der Waals surface area contributed by atoms with Crippen LogP contribution in [0.15, 0.2) is 24.3 Å². The molecule has 1 aliphatic rings. The minimum atomic E-state index is 0.271. The van der Waals surface area contributed by atoms with Crippen molar-refractivity contribution < 1.29 is 0 Å². The van der Waals surface area contributed by atoms with Gasteiger partial charge in [-0.1, -0.05) is 41.2 Å². The van der Waals surface area contributed by atoms with Crippen molar-refractivity contribution in [1.82, 2.24) is 19.9 Å². The molecular weight excluding hydrogens is 268 g/mol. The van der Waals surface area contributed by atoms with Gasteiger partial charge in [-0.2, -0.15) is 5.10 Å². The third-order valence-electron chi connectivity index (χ3n) is 3.77. The molecule has 1 aromatic carbocycles. The van der Waals surface area contributed by atoms with Crippen LogP contribution in [0.25, 0.3) is 4.96 Å². The van der Waals surface area contributed by atoms with Crippen molar-refractivity contribution in [2.24, 2.45) is 0 Å². The molecule has 20 heavy (non-hydrogen) atoms. The van der Waals surface area contributed by atoms with E-state index in [4.69, 9.17) is 0 Å². The smallest absolute Gasteiger partial charge is 0.212 e. The minimum absolute atomic E-state index is 0.271. The summed E-state index contributed by atoms with van der Waals surface area (Å²) in [6, 6.07) is 8.99. The lowest BCUT2D eigenvalue weighted by molar-refractivity contribution is 0.561. The number of hydrogen-bond acceptors (Lipinski definition) is 4. The molecule has 0 bridgehead atoms. The van der Waals surface area contributed by atoms with Gasteiger partial charge in [0.2, 0.25) is 4.96 Å². The van der Waals surface area contributed by atoms with Crippen LogP contribution in [0.2, 0.25) is 0 Å². The van der Waals surface area contributed by atoms with Crippen molar-refractivity contribution in [3.05, 3.63) is 51.8 Å². The van der Waals surface area contributed by atoms with Crippen LogP contribution in [-0.2, 0) is 6.42 Å². The first kappa shape index (κ1) is 12.1. The molecule has 0 radical (unpaired) electrons. The molecule has 1 aliphatic heterocycles. The minimum Gasteiger partial charge on any atom is -0.305 e. The molecule has 3 aromatic rings. The van der Waals surface area contributed by atoms with E-state index in [-0.39, 0.29) is 6.04 Å². The van der Waals surface area contributed by atoms with Gasteiger partial charge in [-0.3, -0.25) is 0 Å². The van der Waals surface area contributed by atoms with Crippen LogP contribution >= 0.6 is 11.3 Å². The van der Waals surface area contributed by atoms with Crippen molar-refractivity contribution in [3.63, 3.8) is 0 Å². The van der Waals surface area contributed by atoms with Crippen molar-refractivity contribution >= 4 is 16.3 Å². The quantitative estimate of drug-likeness (QED) is 0.747. The second-order valence-electron chi connectivity index (χ2n) is 5.32. The van der Waals surface area contributed by atoms with E-state index in [1.165, 1.54) is 21.7 Å². The zero-order chi connectivity index (χ0) is 13.7. The van der Waals surface area contributed by atoms with Gasteiger partial charge >= 0.3 is 0 Å². The standard InChI is InChI=1S/C15H16N4S/c1-9-4-3-5-11(8-9)13-14-12(6-7-16-13)19-15(20-14)17-10(2)18-19/h3-5,8,13,16H,6-7H2,1-2H3. The molecule has 0 spiro atoms. The lowest BCUT2D eigenvalue weighted by Gasteiger charge is -2.24. The molecular formula is C15H16N4S. The average molecular weight is 284 g/mol. The van der Waals surface area contributed by atoms with E-state index in [1.54, 1.807) is 11.3 Å². The fourth-order valence-corrected chi connectivity index (χ4v) is 4.16. The molecule has 1 N–H and O–H groups in total. The van der Waals surface area contributed by atoms with E-state index in [9.17, 15) is 0 Å². The van der Waals surface area contributed by atoms with Gasteiger partial charge in [0.15, 0.2) is 0 Å². The summed E-state index contributed by atoms with van der Waals surface area (Å²) >= 11 is 1.76. The number of nitrogens with zero attached hydrogens (tertiary/aromatic N) is 3. The van der Waals surface area contributed by atoms with Crippen molar-refractivity contribution in [1.29, 1.82) is 0 Å². The Morgan fingerprint density at radius 1 is 1.35 bits per heavy atom. The van der Waals surface area contributed by atoms with Crippen LogP contribution in [-0.4, -0.2) is 21.1 Å². The monoisotopic (exact) mass is 284 g/mol. The van der Waals surface area contributed by atoms with E-state index in [0.717, 1.165) is 23.8 Å². The van der Waals surface area contributed by atoms with Crippen molar-refractivity contribution in [2.75, 3.05) is 6.54 Å². The molecule has 4 nitrogen and oxygen atoms in total. The summed E-state index contributed by atoms with van der Waals surface area (Å²) in [5, 5.41) is 8.15. The highest BCUT2D eigenvalue weighted by Crippen LogP contribution is 2.35. The molecule has 5 heteroatoms. The number of fused-ring (bicyclic) bond motifs is 3. The molecule has 0 saturated carbocycles. The van der Waals surface area contributed by atoms with Crippen LogP contribution in [0, 0.1) is 13.8 Å². The van der Waals surface area contributed by atoms with Gasteiger partial charge in [-0.05, 0) is 19.4 Å². The zero-order valence-electron chi connectivity index (χ0n) is 11.6. The van der Waals surface area contributed by atoms with Crippen LogP contribution in [0.4, 0.5) is 0 Å². The van der Waals surface area contributed by atoms with Gasteiger partial charge < -0.3 is 5.32 Å². The van der Waals surface area contributed by atoms with Crippen LogP contribution in [0.5, 0.6) is 0 Å². The molecule has 4 rings (SSSR count). The lowest BCUT2D eigenvalue weighted by Crippen LogP contribution is -2.30. The van der Waals surface area contributed by atoms with Crippen molar-refractivity contribution in [3.8, 4) is 0 Å². The van der Waals surface area contributed by atoms with Crippen LogP contribution in [0.1, 0.15) is 33.6 Å². The van der Waals surface area contributed by atoms with Gasteiger partial charge in [0.25, 0.3) is 0 Å². The number of nitrogens with one attached hydrogen (secondary N) is 1. The predicted molar refractivity (Wildman–Crippen MR) is 80.3 cm³/mol. The van der Waals surface area contributed by atoms with E-state index in [1.807, 2.05) is 11.4 Å². The van der Waals surface area contributed by atoms with Gasteiger partial charge in [-0.25, -0.2) is 9.50 Å². The molecule has 0 fully saturated rings. The Balaban J connectivity index is 1.87. The van der Waals surface area contributed by atoms with E-state index in [0.29, 0.717) is 0 Å². The summed E-state index contributed by atoms with van der Waals surface area (Å²) < 4.78 is 2.03. The third kappa shape index (κ3) is 1.77. The highest BCUT2D eigenvalue weighted by molar-refractivity contribution is 7.17. The second kappa shape index (κ2) is 4.40. The molecule has 0 aliphatic carbocycles. The number of thiazole rings is 1. The lowest BCUT2D eigenvalue weighted by atomic mass is 9.98. The first-order valence-electron chi connectivity index (χ1n) is 6.87. The molecule has 1 unspecified atom stereocenters. The van der Waals surface area contributed by atoms with Gasteiger partial charge in [-0.15, -0.1) is 0 Å². The summed E-state index contributed by atoms with van der Waals surface area (Å²) in [5.41, 5.74) is 3.94. The van der Waals surface area contributed by atoms with E-state index in [2.05, 4.69) is 46.6 Å². The number of benzene rings is 1. The fourth-order valence-electron chi connectivity index (χ4n) is 2.90. The Morgan fingerprint density at radius 2 is 2.25 bits per heavy atom. The first-order chi connectivity index (χ1) is 9.72. The Hall–Kier alpha value is -1.72. The normalized spacial score (nSPS) is 18.4. The maximum atomic E-state index is 4.52. The predicted octanol–water partition coefficient (Wildman–Crippen LogP) is 2.64. The highest BCUT2D eigenvalue weighted by atomic mass is 32.1. The summed E-state index contributed by atoms with van der Waals surface area (Å²) in [5.74, 6) is 0.852. The summed E-state index contributed by atoms with van der Waals surface area (Å²) in [6.45, 7) is 5.07. The van der Waals surface area contributed by atoms with Gasteiger partial charge in [0.05, 0.1) is 16.6 Å². The number of rotatable bonds is 1. The average Bonchev–Trinajstić information content (AvgIpc) is 2.94. The maximum absolute atomic E-state index is 4.52. The van der Waals surface area contributed by atoms with E-state index < -0.39 is 0 Å². The number of hydrogen-bond donors (Lipinski definition) is 1. The first-order valence-corrected chi connectivity index (χ1v) is 7.69. The Labute approximate surface area is 121 Å². The molecule has 3 heterocycles. The number of aryl methyl sites for hydroxylation is 2. The summed E-state index contributed by atoms with van der Waals surface area (Å²) in [6.07, 6.45) is 1.01. The SMILES string of the molecule is Cc1cccc(C2NCCc3c2sc2nc(C)nn32)c1. The largest absolute Gasteiger partial charge is 0.305 e. The molecule has 0 saturated heterocycles.